The second-order valence-corrected chi connectivity index (χ2v) is 6.85. The molecule has 1 fully saturated rings. The van der Waals surface area contributed by atoms with Gasteiger partial charge in [-0.15, -0.1) is 0 Å². The molecule has 4 nitrogen and oxygen atoms in total. The van der Waals surface area contributed by atoms with Crippen LogP contribution in [-0.4, -0.2) is 29.3 Å². The Morgan fingerprint density at radius 1 is 1.00 bits per heavy atom. The molecule has 0 unspecified atom stereocenters. The molecule has 1 aliphatic carbocycles. The Bertz CT molecular complexity index is 833. The van der Waals surface area contributed by atoms with Gasteiger partial charge in [-0.25, -0.2) is 0 Å². The third-order valence-electron chi connectivity index (χ3n) is 4.62. The van der Waals surface area contributed by atoms with Crippen molar-refractivity contribution in [3.05, 3.63) is 71.3 Å². The molecule has 2 amide bonds. The molecule has 3 rings (SSSR count). The minimum atomic E-state index is -4.47. The highest BCUT2D eigenvalue weighted by Crippen LogP contribution is 2.34. The topological polar surface area (TPSA) is 49.4 Å². The molecule has 28 heavy (non-hydrogen) atoms. The van der Waals surface area contributed by atoms with Crippen molar-refractivity contribution < 1.29 is 22.8 Å². The van der Waals surface area contributed by atoms with Gasteiger partial charge in [-0.3, -0.25) is 9.59 Å². The molecule has 0 heterocycles. The number of amides is 2. The van der Waals surface area contributed by atoms with Gasteiger partial charge in [0.2, 0.25) is 11.8 Å². The second-order valence-electron chi connectivity index (χ2n) is 6.85. The summed E-state index contributed by atoms with van der Waals surface area (Å²) in [6, 6.07) is 14.3. The van der Waals surface area contributed by atoms with Gasteiger partial charge in [0, 0.05) is 12.6 Å². The van der Waals surface area contributed by atoms with Gasteiger partial charge < -0.3 is 10.2 Å². The molecule has 0 radical (unpaired) electrons. The lowest BCUT2D eigenvalue weighted by atomic mass is 10.1. The summed E-state index contributed by atoms with van der Waals surface area (Å²) in [5, 5.41) is 2.57. The highest BCUT2D eigenvalue weighted by molar-refractivity contribution is 5.86. The Morgan fingerprint density at radius 2 is 1.64 bits per heavy atom. The Labute approximate surface area is 161 Å². The van der Waals surface area contributed by atoms with Crippen molar-refractivity contribution in [3.63, 3.8) is 0 Å². The van der Waals surface area contributed by atoms with Crippen LogP contribution in [0.2, 0.25) is 0 Å². The van der Waals surface area contributed by atoms with Gasteiger partial charge in [0.25, 0.3) is 0 Å². The van der Waals surface area contributed by atoms with Crippen LogP contribution in [0.15, 0.2) is 54.6 Å². The number of nitrogens with one attached hydrogen (secondary N) is 1. The Kier molecular flexibility index (Phi) is 6.02. The van der Waals surface area contributed by atoms with Gasteiger partial charge in [0.05, 0.1) is 18.5 Å². The van der Waals surface area contributed by atoms with Gasteiger partial charge in [-0.05, 0) is 30.0 Å². The van der Waals surface area contributed by atoms with Crippen molar-refractivity contribution in [1.29, 1.82) is 0 Å². The molecule has 0 atom stereocenters. The summed E-state index contributed by atoms with van der Waals surface area (Å²) in [6.07, 6.45) is -2.80. The Balaban J connectivity index is 1.62. The van der Waals surface area contributed by atoms with Crippen LogP contribution in [0, 0.1) is 0 Å². The fourth-order valence-electron chi connectivity index (χ4n) is 3.04. The molecule has 2 aromatic rings. The number of rotatable bonds is 7. The molecule has 0 aromatic heterocycles. The van der Waals surface area contributed by atoms with Crippen LogP contribution in [0.1, 0.15) is 29.5 Å². The number of benzene rings is 2. The largest absolute Gasteiger partial charge is 0.416 e. The average Bonchev–Trinajstić information content (AvgIpc) is 3.49. The van der Waals surface area contributed by atoms with Crippen molar-refractivity contribution in [2.45, 2.75) is 38.0 Å². The number of halogens is 3. The lowest BCUT2D eigenvalue weighted by Gasteiger charge is -2.24. The zero-order valence-corrected chi connectivity index (χ0v) is 15.2. The van der Waals surface area contributed by atoms with Crippen LogP contribution < -0.4 is 5.32 Å². The highest BCUT2D eigenvalue weighted by Gasteiger charge is 2.36. The summed E-state index contributed by atoms with van der Waals surface area (Å²) in [5.41, 5.74) is 0.151. The van der Waals surface area contributed by atoms with Gasteiger partial charge in [-0.2, -0.15) is 13.2 Å². The standard InChI is InChI=1S/C21H21F3N2O2/c22-21(23,24)18-9-5-4-8-16(18)14-26(17-10-11-17)20(28)13-25-19(27)12-15-6-2-1-3-7-15/h1-9,17H,10-14H2,(H,25,27). The van der Waals surface area contributed by atoms with Crippen LogP contribution in [0.5, 0.6) is 0 Å². The minimum absolute atomic E-state index is 0.0610. The third kappa shape index (κ3) is 5.34. The van der Waals surface area contributed by atoms with Crippen LogP contribution in [0.4, 0.5) is 13.2 Å². The van der Waals surface area contributed by atoms with Crippen molar-refractivity contribution in [3.8, 4) is 0 Å². The molecule has 0 bridgehead atoms. The van der Waals surface area contributed by atoms with E-state index in [9.17, 15) is 22.8 Å². The van der Waals surface area contributed by atoms with E-state index in [4.69, 9.17) is 0 Å². The van der Waals surface area contributed by atoms with E-state index in [1.165, 1.54) is 23.1 Å². The van der Waals surface area contributed by atoms with Gasteiger partial charge in [-0.1, -0.05) is 48.5 Å². The molecule has 148 valence electrons. The molecule has 0 aliphatic heterocycles. The quantitative estimate of drug-likeness (QED) is 0.786. The summed E-state index contributed by atoms with van der Waals surface area (Å²) in [5.74, 6) is -0.674. The number of carbonyl (C=O) groups is 2. The number of hydrogen-bond acceptors (Lipinski definition) is 2. The van der Waals surface area contributed by atoms with Gasteiger partial charge in [0.1, 0.15) is 0 Å². The summed E-state index contributed by atoms with van der Waals surface area (Å²) >= 11 is 0. The number of alkyl halides is 3. The molecule has 0 saturated heterocycles. The maximum absolute atomic E-state index is 13.2. The first-order valence-electron chi connectivity index (χ1n) is 9.10. The zero-order valence-electron chi connectivity index (χ0n) is 15.2. The van der Waals surface area contributed by atoms with Gasteiger partial charge >= 0.3 is 6.18 Å². The maximum Gasteiger partial charge on any atom is 0.416 e. The highest BCUT2D eigenvalue weighted by atomic mass is 19.4. The molecular weight excluding hydrogens is 369 g/mol. The van der Waals surface area contributed by atoms with E-state index in [2.05, 4.69) is 5.32 Å². The smallest absolute Gasteiger partial charge is 0.347 e. The van der Waals surface area contributed by atoms with E-state index in [-0.39, 0.29) is 42.9 Å². The van der Waals surface area contributed by atoms with E-state index < -0.39 is 11.7 Å². The first kappa shape index (κ1) is 19.9. The van der Waals surface area contributed by atoms with Crippen molar-refractivity contribution >= 4 is 11.8 Å². The lowest BCUT2D eigenvalue weighted by Crippen LogP contribution is -2.41. The average molecular weight is 390 g/mol. The summed E-state index contributed by atoms with van der Waals surface area (Å²) in [6.45, 7) is -0.343. The van der Waals surface area contributed by atoms with E-state index in [1.807, 2.05) is 30.3 Å². The first-order valence-corrected chi connectivity index (χ1v) is 9.10. The second kappa shape index (κ2) is 8.46. The van der Waals surface area contributed by atoms with Crippen molar-refractivity contribution in [1.82, 2.24) is 10.2 Å². The molecule has 2 aromatic carbocycles. The number of hydrogen-bond donors (Lipinski definition) is 1. The van der Waals surface area contributed by atoms with E-state index in [0.717, 1.165) is 24.5 Å². The fourth-order valence-corrected chi connectivity index (χ4v) is 3.04. The lowest BCUT2D eigenvalue weighted by molar-refractivity contribution is -0.140. The molecule has 1 saturated carbocycles. The number of carbonyl (C=O) groups excluding carboxylic acids is 2. The van der Waals surface area contributed by atoms with E-state index in [0.29, 0.717) is 0 Å². The van der Waals surface area contributed by atoms with Gasteiger partial charge in [0.15, 0.2) is 0 Å². The Morgan fingerprint density at radius 3 is 2.29 bits per heavy atom. The normalized spacial score (nSPS) is 13.8. The molecular formula is C21H21F3N2O2. The van der Waals surface area contributed by atoms with Crippen LogP contribution in [0.3, 0.4) is 0 Å². The summed E-state index contributed by atoms with van der Waals surface area (Å²) in [4.78, 5) is 26.1. The van der Waals surface area contributed by atoms with Crippen LogP contribution >= 0.6 is 0 Å². The molecule has 1 N–H and O–H groups in total. The monoisotopic (exact) mass is 390 g/mol. The first-order chi connectivity index (χ1) is 13.3. The summed E-state index contributed by atoms with van der Waals surface area (Å²) in [7, 11) is 0. The zero-order chi connectivity index (χ0) is 20.1. The van der Waals surface area contributed by atoms with Crippen LogP contribution in [-0.2, 0) is 28.7 Å². The predicted octanol–water partition coefficient (Wildman–Crippen LogP) is 3.56. The van der Waals surface area contributed by atoms with E-state index >= 15 is 0 Å². The fraction of sp³-hybridized carbons (Fsp3) is 0.333. The molecule has 1 aliphatic rings. The minimum Gasteiger partial charge on any atom is -0.347 e. The number of nitrogens with zero attached hydrogens (tertiary/aromatic N) is 1. The molecule has 0 spiro atoms. The maximum atomic E-state index is 13.2. The van der Waals surface area contributed by atoms with E-state index in [1.54, 1.807) is 0 Å². The Hall–Kier alpha value is -2.83. The van der Waals surface area contributed by atoms with Crippen molar-refractivity contribution in [2.24, 2.45) is 0 Å². The predicted molar refractivity (Wildman–Crippen MR) is 98.2 cm³/mol. The molecule has 7 heteroatoms. The summed E-state index contributed by atoms with van der Waals surface area (Å²) < 4.78 is 39.7. The van der Waals surface area contributed by atoms with Crippen LogP contribution in [0.25, 0.3) is 0 Å². The SMILES string of the molecule is O=C(Cc1ccccc1)NCC(=O)N(Cc1ccccc1C(F)(F)F)C1CC1. The van der Waals surface area contributed by atoms with Crippen molar-refractivity contribution in [2.75, 3.05) is 6.54 Å². The third-order valence-corrected chi connectivity index (χ3v) is 4.62.